The summed E-state index contributed by atoms with van der Waals surface area (Å²) in [7, 11) is 0. The molecule has 60 valence electrons. The lowest BCUT2D eigenvalue weighted by Gasteiger charge is -2.06. The maximum Gasteiger partial charge on any atom is 0.0482 e. The van der Waals surface area contributed by atoms with Crippen LogP contribution in [0.5, 0.6) is 0 Å². The van der Waals surface area contributed by atoms with Crippen LogP contribution in [0.4, 0.5) is 0 Å². The number of rotatable bonds is 1. The number of hydrogen-bond donors (Lipinski definition) is 1. The molecule has 0 aliphatic heterocycles. The molecule has 0 aliphatic carbocycles. The monoisotopic (exact) mass is 169 g/mol. The highest BCUT2D eigenvalue weighted by atomic mass is 35.5. The molecule has 0 amide bonds. The number of nitrogens with two attached hydrogens (primary N) is 1. The molecule has 0 aromatic heterocycles. The Hall–Kier alpha value is -0.530. The van der Waals surface area contributed by atoms with Crippen LogP contribution in [-0.2, 0) is 6.54 Å². The molecule has 1 rings (SSSR count). The fraction of sp³-hybridized carbons (Fsp3) is 0.333. The molecule has 0 bridgehead atoms. The zero-order valence-corrected chi connectivity index (χ0v) is 7.57. The summed E-state index contributed by atoms with van der Waals surface area (Å²) in [6.07, 6.45) is 0. The minimum Gasteiger partial charge on any atom is -0.326 e. The highest BCUT2D eigenvalue weighted by molar-refractivity contribution is 6.32. The molecule has 2 N–H and O–H groups in total. The second-order valence-electron chi connectivity index (χ2n) is 2.68. The highest BCUT2D eigenvalue weighted by Crippen LogP contribution is 2.22. The van der Waals surface area contributed by atoms with E-state index in [-0.39, 0.29) is 0 Å². The minimum absolute atomic E-state index is 0.514. The van der Waals surface area contributed by atoms with Crippen LogP contribution in [0.15, 0.2) is 12.1 Å². The van der Waals surface area contributed by atoms with Crippen LogP contribution in [0.3, 0.4) is 0 Å². The molecular weight excluding hydrogens is 158 g/mol. The standard InChI is InChI=1S/C9H12ClN/c1-6-3-4-8(5-11)9(10)7(6)2/h3-4H,5,11H2,1-2H3. The van der Waals surface area contributed by atoms with E-state index in [2.05, 4.69) is 0 Å². The van der Waals surface area contributed by atoms with Crippen LogP contribution in [0.25, 0.3) is 0 Å². The molecule has 0 radical (unpaired) electrons. The molecule has 2 heteroatoms. The van der Waals surface area contributed by atoms with Crippen molar-refractivity contribution in [3.8, 4) is 0 Å². The van der Waals surface area contributed by atoms with E-state index in [1.165, 1.54) is 5.56 Å². The smallest absolute Gasteiger partial charge is 0.0482 e. The van der Waals surface area contributed by atoms with Crippen molar-refractivity contribution in [3.05, 3.63) is 33.8 Å². The maximum absolute atomic E-state index is 6.02. The first kappa shape index (κ1) is 8.57. The number of halogens is 1. The molecule has 0 saturated carbocycles. The van der Waals surface area contributed by atoms with E-state index in [1.807, 2.05) is 26.0 Å². The average molecular weight is 170 g/mol. The molecule has 0 spiro atoms. The summed E-state index contributed by atoms with van der Waals surface area (Å²) in [4.78, 5) is 0. The molecule has 1 nitrogen and oxygen atoms in total. The van der Waals surface area contributed by atoms with Crippen LogP contribution in [0.1, 0.15) is 16.7 Å². The first-order chi connectivity index (χ1) is 5.16. The molecule has 0 heterocycles. The second kappa shape index (κ2) is 3.24. The lowest BCUT2D eigenvalue weighted by Crippen LogP contribution is -1.98. The SMILES string of the molecule is Cc1ccc(CN)c(Cl)c1C. The second-order valence-corrected chi connectivity index (χ2v) is 3.06. The van der Waals surface area contributed by atoms with Gasteiger partial charge in [-0.05, 0) is 30.5 Å². The van der Waals surface area contributed by atoms with Gasteiger partial charge in [0, 0.05) is 11.6 Å². The van der Waals surface area contributed by atoms with E-state index in [4.69, 9.17) is 17.3 Å². The van der Waals surface area contributed by atoms with Gasteiger partial charge in [-0.3, -0.25) is 0 Å². The van der Waals surface area contributed by atoms with Crippen LogP contribution in [0.2, 0.25) is 5.02 Å². The van der Waals surface area contributed by atoms with Crippen molar-refractivity contribution in [2.45, 2.75) is 20.4 Å². The van der Waals surface area contributed by atoms with Crippen molar-refractivity contribution in [1.82, 2.24) is 0 Å². The lowest BCUT2D eigenvalue weighted by molar-refractivity contribution is 1.06. The Bertz CT molecular complexity index is 269. The summed E-state index contributed by atoms with van der Waals surface area (Å²) in [5, 5.41) is 0.813. The Morgan fingerprint density at radius 2 is 2.00 bits per heavy atom. The molecule has 0 saturated heterocycles. The van der Waals surface area contributed by atoms with Gasteiger partial charge in [0.25, 0.3) is 0 Å². The van der Waals surface area contributed by atoms with Crippen molar-refractivity contribution >= 4 is 11.6 Å². The number of benzene rings is 1. The Morgan fingerprint density at radius 1 is 1.36 bits per heavy atom. The van der Waals surface area contributed by atoms with Gasteiger partial charge in [-0.1, -0.05) is 23.7 Å². The van der Waals surface area contributed by atoms with Crippen molar-refractivity contribution in [1.29, 1.82) is 0 Å². The molecular formula is C9H12ClN. The predicted molar refractivity (Wildman–Crippen MR) is 48.8 cm³/mol. The molecule has 1 aromatic rings. The Balaban J connectivity index is 3.25. The van der Waals surface area contributed by atoms with E-state index < -0.39 is 0 Å². The fourth-order valence-corrected chi connectivity index (χ4v) is 1.28. The summed E-state index contributed by atoms with van der Waals surface area (Å²) in [5.41, 5.74) is 8.86. The van der Waals surface area contributed by atoms with Gasteiger partial charge in [-0.15, -0.1) is 0 Å². The van der Waals surface area contributed by atoms with Crippen LogP contribution < -0.4 is 5.73 Å². The highest BCUT2D eigenvalue weighted by Gasteiger charge is 2.02. The van der Waals surface area contributed by atoms with Crippen molar-refractivity contribution in [2.24, 2.45) is 5.73 Å². The summed E-state index contributed by atoms with van der Waals surface area (Å²) in [6, 6.07) is 4.02. The van der Waals surface area contributed by atoms with Crippen molar-refractivity contribution < 1.29 is 0 Å². The van der Waals surface area contributed by atoms with Crippen molar-refractivity contribution in [2.75, 3.05) is 0 Å². The van der Waals surface area contributed by atoms with E-state index in [1.54, 1.807) is 0 Å². The maximum atomic E-state index is 6.02. The van der Waals surface area contributed by atoms with Gasteiger partial charge in [-0.2, -0.15) is 0 Å². The third-order valence-electron chi connectivity index (χ3n) is 1.96. The van der Waals surface area contributed by atoms with Crippen LogP contribution in [-0.4, -0.2) is 0 Å². The third-order valence-corrected chi connectivity index (χ3v) is 2.48. The van der Waals surface area contributed by atoms with Crippen LogP contribution >= 0.6 is 11.6 Å². The first-order valence-electron chi connectivity index (χ1n) is 3.61. The van der Waals surface area contributed by atoms with Gasteiger partial charge in [-0.25, -0.2) is 0 Å². The lowest BCUT2D eigenvalue weighted by atomic mass is 10.1. The average Bonchev–Trinajstić information content (AvgIpc) is 2.01. The van der Waals surface area contributed by atoms with E-state index in [0.29, 0.717) is 6.54 Å². The van der Waals surface area contributed by atoms with Gasteiger partial charge < -0.3 is 5.73 Å². The number of hydrogen-bond acceptors (Lipinski definition) is 1. The summed E-state index contributed by atoms with van der Waals surface area (Å²) < 4.78 is 0. The van der Waals surface area contributed by atoms with Gasteiger partial charge in [0.05, 0.1) is 0 Å². The fourth-order valence-electron chi connectivity index (χ4n) is 0.995. The summed E-state index contributed by atoms with van der Waals surface area (Å²) in [6.45, 7) is 4.57. The van der Waals surface area contributed by atoms with E-state index in [9.17, 15) is 0 Å². The van der Waals surface area contributed by atoms with Gasteiger partial charge in [0.2, 0.25) is 0 Å². The number of aryl methyl sites for hydroxylation is 1. The Labute approximate surface area is 72.2 Å². The van der Waals surface area contributed by atoms with Gasteiger partial charge in [0.15, 0.2) is 0 Å². The molecule has 0 atom stereocenters. The zero-order chi connectivity index (χ0) is 8.43. The normalized spacial score (nSPS) is 10.2. The Kier molecular flexibility index (Phi) is 2.53. The topological polar surface area (TPSA) is 26.0 Å². The predicted octanol–water partition coefficient (Wildman–Crippen LogP) is 2.42. The molecule has 0 unspecified atom stereocenters. The quantitative estimate of drug-likeness (QED) is 0.687. The first-order valence-corrected chi connectivity index (χ1v) is 3.99. The Morgan fingerprint density at radius 3 is 2.55 bits per heavy atom. The zero-order valence-electron chi connectivity index (χ0n) is 6.82. The molecule has 11 heavy (non-hydrogen) atoms. The molecule has 0 aliphatic rings. The summed E-state index contributed by atoms with van der Waals surface area (Å²) >= 11 is 6.02. The summed E-state index contributed by atoms with van der Waals surface area (Å²) in [5.74, 6) is 0. The minimum atomic E-state index is 0.514. The van der Waals surface area contributed by atoms with E-state index in [0.717, 1.165) is 16.1 Å². The van der Waals surface area contributed by atoms with Crippen molar-refractivity contribution in [3.63, 3.8) is 0 Å². The van der Waals surface area contributed by atoms with E-state index >= 15 is 0 Å². The molecule has 1 aromatic carbocycles. The van der Waals surface area contributed by atoms with Gasteiger partial charge >= 0.3 is 0 Å². The van der Waals surface area contributed by atoms with Gasteiger partial charge in [0.1, 0.15) is 0 Å². The largest absolute Gasteiger partial charge is 0.326 e. The third kappa shape index (κ3) is 1.55. The van der Waals surface area contributed by atoms with Crippen LogP contribution in [0, 0.1) is 13.8 Å². The molecule has 0 fully saturated rings.